The van der Waals surface area contributed by atoms with E-state index in [1.165, 1.54) is 37.2 Å². The molecule has 0 radical (unpaired) electrons. The maximum absolute atomic E-state index is 9.61. The first kappa shape index (κ1) is 14.4. The Balaban J connectivity index is 1.97. The lowest BCUT2D eigenvalue weighted by Crippen LogP contribution is -2.28. The van der Waals surface area contributed by atoms with Gasteiger partial charge in [-0.25, -0.2) is 0 Å². The molecule has 1 aliphatic rings. The Morgan fingerprint density at radius 2 is 2.05 bits per heavy atom. The lowest BCUT2D eigenvalue weighted by atomic mass is 10.1. The number of benzene rings is 1. The van der Waals surface area contributed by atoms with Gasteiger partial charge in [0.1, 0.15) is 0 Å². The summed E-state index contributed by atoms with van der Waals surface area (Å²) in [7, 11) is 0. The Morgan fingerprint density at radius 3 is 2.74 bits per heavy atom. The summed E-state index contributed by atoms with van der Waals surface area (Å²) in [6.07, 6.45) is 3.17. The fourth-order valence-corrected chi connectivity index (χ4v) is 2.54. The molecular formula is C16H26N2O. The molecule has 2 N–H and O–H groups in total. The van der Waals surface area contributed by atoms with Crippen LogP contribution in [0.3, 0.4) is 0 Å². The Morgan fingerprint density at radius 1 is 1.32 bits per heavy atom. The average molecular weight is 262 g/mol. The molecule has 1 unspecified atom stereocenters. The van der Waals surface area contributed by atoms with Crippen LogP contribution in [0, 0.1) is 0 Å². The van der Waals surface area contributed by atoms with Crippen LogP contribution < -0.4 is 10.2 Å². The minimum absolute atomic E-state index is 0.246. The minimum Gasteiger partial charge on any atom is -0.392 e. The summed E-state index contributed by atoms with van der Waals surface area (Å²) in [6.45, 7) is 7.18. The number of hydrogen-bond acceptors (Lipinski definition) is 3. The number of rotatable bonds is 6. The molecule has 0 spiro atoms. The van der Waals surface area contributed by atoms with E-state index in [2.05, 4.69) is 41.4 Å². The van der Waals surface area contributed by atoms with E-state index in [-0.39, 0.29) is 12.1 Å². The normalized spacial score (nSPS) is 18.6. The Kier molecular flexibility index (Phi) is 5.23. The maximum Gasteiger partial charge on any atom is 0.0662 e. The van der Waals surface area contributed by atoms with Gasteiger partial charge in [0.25, 0.3) is 0 Å². The summed E-state index contributed by atoms with van der Waals surface area (Å²) >= 11 is 0. The van der Waals surface area contributed by atoms with E-state index >= 15 is 0 Å². The minimum atomic E-state index is -0.246. The highest BCUT2D eigenvalue weighted by atomic mass is 16.3. The van der Waals surface area contributed by atoms with Gasteiger partial charge in [0.05, 0.1) is 6.10 Å². The van der Waals surface area contributed by atoms with Crippen molar-refractivity contribution in [3.8, 4) is 0 Å². The molecule has 0 amide bonds. The van der Waals surface area contributed by atoms with Gasteiger partial charge in [0, 0.05) is 31.4 Å². The summed E-state index contributed by atoms with van der Waals surface area (Å²) in [5, 5.41) is 13.0. The zero-order valence-corrected chi connectivity index (χ0v) is 12.1. The highest BCUT2D eigenvalue weighted by Crippen LogP contribution is 2.23. The molecule has 2 rings (SSSR count). The SMILES string of the molecule is CC[C@@H](O)CNC(C)c1cccc(N2CCCC2)c1. The van der Waals surface area contributed by atoms with Crippen molar-refractivity contribution in [2.75, 3.05) is 24.5 Å². The molecule has 0 aliphatic carbocycles. The zero-order valence-electron chi connectivity index (χ0n) is 12.1. The number of nitrogens with one attached hydrogen (secondary N) is 1. The van der Waals surface area contributed by atoms with E-state index in [1.54, 1.807) is 0 Å². The van der Waals surface area contributed by atoms with E-state index in [1.807, 2.05) is 6.92 Å². The van der Waals surface area contributed by atoms with Crippen molar-refractivity contribution in [1.82, 2.24) is 5.32 Å². The lowest BCUT2D eigenvalue weighted by molar-refractivity contribution is 0.164. The second kappa shape index (κ2) is 6.92. The number of anilines is 1. The Bertz CT molecular complexity index is 388. The molecule has 0 aromatic heterocycles. The molecule has 2 atom stereocenters. The number of nitrogens with zero attached hydrogens (tertiary/aromatic N) is 1. The summed E-state index contributed by atoms with van der Waals surface area (Å²) < 4.78 is 0. The fourth-order valence-electron chi connectivity index (χ4n) is 2.54. The second-order valence-corrected chi connectivity index (χ2v) is 5.48. The molecule has 0 bridgehead atoms. The lowest BCUT2D eigenvalue weighted by Gasteiger charge is -2.21. The molecule has 106 valence electrons. The third-order valence-corrected chi connectivity index (χ3v) is 3.97. The predicted octanol–water partition coefficient (Wildman–Crippen LogP) is 2.71. The molecule has 1 aliphatic heterocycles. The topological polar surface area (TPSA) is 35.5 Å². The van der Waals surface area contributed by atoms with Crippen LogP contribution >= 0.6 is 0 Å². The van der Waals surface area contributed by atoms with Crippen molar-refractivity contribution in [1.29, 1.82) is 0 Å². The van der Waals surface area contributed by atoms with Crippen LogP contribution in [0.2, 0.25) is 0 Å². The summed E-state index contributed by atoms with van der Waals surface area (Å²) in [5.41, 5.74) is 2.63. The highest BCUT2D eigenvalue weighted by Gasteiger charge is 2.14. The van der Waals surface area contributed by atoms with Crippen LogP contribution in [0.25, 0.3) is 0 Å². The number of hydrogen-bond donors (Lipinski definition) is 2. The third kappa shape index (κ3) is 3.95. The van der Waals surface area contributed by atoms with Crippen LogP contribution in [0.4, 0.5) is 5.69 Å². The van der Waals surface area contributed by atoms with E-state index in [4.69, 9.17) is 0 Å². The van der Waals surface area contributed by atoms with E-state index in [9.17, 15) is 5.11 Å². The van der Waals surface area contributed by atoms with Gasteiger partial charge < -0.3 is 15.3 Å². The molecule has 1 saturated heterocycles. The molecule has 3 nitrogen and oxygen atoms in total. The van der Waals surface area contributed by atoms with Gasteiger partial charge >= 0.3 is 0 Å². The molecule has 1 aromatic rings. The van der Waals surface area contributed by atoms with E-state index in [0.717, 1.165) is 6.42 Å². The quantitative estimate of drug-likeness (QED) is 0.827. The number of aliphatic hydroxyl groups excluding tert-OH is 1. The predicted molar refractivity (Wildman–Crippen MR) is 80.6 cm³/mol. The largest absolute Gasteiger partial charge is 0.392 e. The molecule has 1 aromatic carbocycles. The van der Waals surface area contributed by atoms with Crippen molar-refractivity contribution in [2.45, 2.75) is 45.3 Å². The third-order valence-electron chi connectivity index (χ3n) is 3.97. The average Bonchev–Trinajstić information content (AvgIpc) is 2.98. The van der Waals surface area contributed by atoms with Crippen molar-refractivity contribution >= 4 is 5.69 Å². The van der Waals surface area contributed by atoms with E-state index in [0.29, 0.717) is 6.54 Å². The van der Waals surface area contributed by atoms with Crippen molar-refractivity contribution in [2.24, 2.45) is 0 Å². The monoisotopic (exact) mass is 262 g/mol. The van der Waals surface area contributed by atoms with Gasteiger partial charge in [-0.15, -0.1) is 0 Å². The van der Waals surface area contributed by atoms with Crippen LogP contribution in [0.15, 0.2) is 24.3 Å². The molecule has 1 heterocycles. The first-order valence-corrected chi connectivity index (χ1v) is 7.47. The maximum atomic E-state index is 9.61. The molecule has 0 saturated carbocycles. The second-order valence-electron chi connectivity index (χ2n) is 5.48. The summed E-state index contributed by atoms with van der Waals surface area (Å²) in [5.74, 6) is 0. The van der Waals surface area contributed by atoms with Gasteiger partial charge in [-0.1, -0.05) is 19.1 Å². The molecule has 3 heteroatoms. The molecule has 1 fully saturated rings. The first-order chi connectivity index (χ1) is 9.20. The Hall–Kier alpha value is -1.06. The summed E-state index contributed by atoms with van der Waals surface area (Å²) in [4.78, 5) is 2.46. The highest BCUT2D eigenvalue weighted by molar-refractivity contribution is 5.49. The first-order valence-electron chi connectivity index (χ1n) is 7.47. The standard InChI is InChI=1S/C16H26N2O/c1-3-16(19)12-17-13(2)14-7-6-8-15(11-14)18-9-4-5-10-18/h6-8,11,13,16-17,19H,3-5,9-10,12H2,1-2H3/t13?,16-/m1/s1. The zero-order chi connectivity index (χ0) is 13.7. The van der Waals surface area contributed by atoms with Gasteiger partial charge in [-0.05, 0) is 43.9 Å². The van der Waals surface area contributed by atoms with Crippen molar-refractivity contribution < 1.29 is 5.11 Å². The van der Waals surface area contributed by atoms with Gasteiger partial charge in [-0.3, -0.25) is 0 Å². The van der Waals surface area contributed by atoms with Gasteiger partial charge in [-0.2, -0.15) is 0 Å². The van der Waals surface area contributed by atoms with Crippen molar-refractivity contribution in [3.63, 3.8) is 0 Å². The van der Waals surface area contributed by atoms with Crippen LogP contribution in [0.5, 0.6) is 0 Å². The van der Waals surface area contributed by atoms with Gasteiger partial charge in [0.2, 0.25) is 0 Å². The smallest absolute Gasteiger partial charge is 0.0662 e. The van der Waals surface area contributed by atoms with E-state index < -0.39 is 0 Å². The van der Waals surface area contributed by atoms with Crippen LogP contribution in [-0.2, 0) is 0 Å². The summed E-state index contributed by atoms with van der Waals surface area (Å²) in [6, 6.07) is 9.06. The molecular weight excluding hydrogens is 236 g/mol. The number of aliphatic hydroxyl groups is 1. The van der Waals surface area contributed by atoms with Gasteiger partial charge in [0.15, 0.2) is 0 Å². The fraction of sp³-hybridized carbons (Fsp3) is 0.625. The Labute approximate surface area is 116 Å². The van der Waals surface area contributed by atoms with Crippen LogP contribution in [0.1, 0.15) is 44.7 Å². The molecule has 19 heavy (non-hydrogen) atoms. The van der Waals surface area contributed by atoms with Crippen LogP contribution in [-0.4, -0.2) is 30.8 Å². The van der Waals surface area contributed by atoms with Crippen molar-refractivity contribution in [3.05, 3.63) is 29.8 Å².